The molecule has 0 bridgehead atoms. The molecule has 1 aromatic rings. The quantitative estimate of drug-likeness (QED) is 0.554. The summed E-state index contributed by atoms with van der Waals surface area (Å²) in [6.07, 6.45) is 0. The molecule has 1 rings (SSSR count). The van der Waals surface area contributed by atoms with Crippen molar-refractivity contribution in [2.45, 2.75) is 6.85 Å². The van der Waals surface area contributed by atoms with E-state index in [9.17, 15) is 4.39 Å². The number of hydrogen-bond donors (Lipinski definition) is 2. The molecule has 0 radical (unpaired) electrons. The van der Waals surface area contributed by atoms with Crippen molar-refractivity contribution in [1.29, 1.82) is 0 Å². The van der Waals surface area contributed by atoms with Crippen LogP contribution in [0.5, 0.6) is 0 Å². The van der Waals surface area contributed by atoms with Crippen LogP contribution in [0.2, 0.25) is 0 Å². The van der Waals surface area contributed by atoms with Gasteiger partial charge < -0.3 is 10.0 Å². The molecule has 0 saturated heterocycles. The number of hydrogen-bond acceptors (Lipinski definition) is 2. The van der Waals surface area contributed by atoms with Crippen LogP contribution in [0.4, 0.5) is 4.39 Å². The summed E-state index contributed by atoms with van der Waals surface area (Å²) in [7, 11) is -2.00. The summed E-state index contributed by atoms with van der Waals surface area (Å²) < 4.78 is 34.3. The normalized spacial score (nSPS) is 15.0. The van der Waals surface area contributed by atoms with E-state index in [1.54, 1.807) is 0 Å². The number of rotatable bonds is 1. The third-order valence-corrected chi connectivity index (χ3v) is 1.31. The van der Waals surface area contributed by atoms with Gasteiger partial charge in [-0.15, -0.1) is 0 Å². The highest BCUT2D eigenvalue weighted by Crippen LogP contribution is 2.01. The van der Waals surface area contributed by atoms with Gasteiger partial charge in [0.05, 0.1) is 0 Å². The van der Waals surface area contributed by atoms with E-state index < -0.39 is 30.8 Å². The summed E-state index contributed by atoms with van der Waals surface area (Å²) in [4.78, 5) is 0. The fourth-order valence-corrected chi connectivity index (χ4v) is 0.749. The highest BCUT2D eigenvalue weighted by molar-refractivity contribution is 6.58. The van der Waals surface area contributed by atoms with E-state index in [0.29, 0.717) is 0 Å². The molecule has 0 unspecified atom stereocenters. The average Bonchev–Trinajstić information content (AvgIpc) is 2.01. The van der Waals surface area contributed by atoms with Gasteiger partial charge in [0.2, 0.25) is 0 Å². The topological polar surface area (TPSA) is 40.5 Å². The first-order valence-electron chi connectivity index (χ1n) is 4.49. The van der Waals surface area contributed by atoms with Crippen molar-refractivity contribution in [3.05, 3.63) is 29.6 Å². The second kappa shape index (κ2) is 3.03. The summed E-state index contributed by atoms with van der Waals surface area (Å²) in [6.45, 7) is -2.59. The zero-order valence-electron chi connectivity index (χ0n) is 8.58. The summed E-state index contributed by atoms with van der Waals surface area (Å²) >= 11 is 0. The average molecular weight is 157 g/mol. The van der Waals surface area contributed by atoms with Crippen LogP contribution in [-0.2, 0) is 0 Å². The van der Waals surface area contributed by atoms with Gasteiger partial charge in [-0.3, -0.25) is 0 Å². The fraction of sp³-hybridized carbons (Fsp3) is 0.143. The molecule has 0 amide bonds. The van der Waals surface area contributed by atoms with Gasteiger partial charge in [0.15, 0.2) is 0 Å². The lowest BCUT2D eigenvalue weighted by Crippen LogP contribution is -2.33. The van der Waals surface area contributed by atoms with Crippen LogP contribution >= 0.6 is 0 Å². The SMILES string of the molecule is [2H]C([2H])([2H])c1cccc(B(O)O)c1F. The van der Waals surface area contributed by atoms with Crippen molar-refractivity contribution in [3.63, 3.8) is 0 Å². The monoisotopic (exact) mass is 157 g/mol. The number of benzene rings is 1. The zero-order valence-corrected chi connectivity index (χ0v) is 5.58. The lowest BCUT2D eigenvalue weighted by Gasteiger charge is -2.02. The Morgan fingerprint density at radius 2 is 2.27 bits per heavy atom. The van der Waals surface area contributed by atoms with Crippen molar-refractivity contribution in [3.8, 4) is 0 Å². The molecule has 0 aliphatic rings. The number of halogens is 1. The van der Waals surface area contributed by atoms with Gasteiger partial charge in [-0.25, -0.2) is 4.39 Å². The van der Waals surface area contributed by atoms with Crippen LogP contribution < -0.4 is 5.46 Å². The molecule has 0 fully saturated rings. The maximum atomic E-state index is 13.3. The summed E-state index contributed by atoms with van der Waals surface area (Å²) in [6, 6.07) is 3.48. The smallest absolute Gasteiger partial charge is 0.423 e. The molecule has 0 atom stereocenters. The third-order valence-electron chi connectivity index (χ3n) is 1.31. The minimum absolute atomic E-state index is 0.432. The van der Waals surface area contributed by atoms with Crippen LogP contribution in [0.25, 0.3) is 0 Å². The van der Waals surface area contributed by atoms with E-state index in [4.69, 9.17) is 14.2 Å². The Morgan fingerprint density at radius 3 is 2.82 bits per heavy atom. The van der Waals surface area contributed by atoms with Gasteiger partial charge in [0.1, 0.15) is 5.82 Å². The molecule has 1 aromatic carbocycles. The van der Waals surface area contributed by atoms with Gasteiger partial charge >= 0.3 is 7.12 Å². The molecule has 0 aliphatic carbocycles. The molecule has 0 aliphatic heterocycles. The van der Waals surface area contributed by atoms with Crippen molar-refractivity contribution in [2.75, 3.05) is 0 Å². The van der Waals surface area contributed by atoms with Crippen molar-refractivity contribution < 1.29 is 18.6 Å². The Hall–Kier alpha value is -0.865. The molecular formula is C7H8BFO2. The first kappa shape index (κ1) is 4.90. The van der Waals surface area contributed by atoms with E-state index >= 15 is 0 Å². The molecular weight excluding hydrogens is 146 g/mol. The van der Waals surface area contributed by atoms with Gasteiger partial charge in [-0.05, 0) is 12.4 Å². The van der Waals surface area contributed by atoms with Gasteiger partial charge in [-0.1, -0.05) is 18.2 Å². The van der Waals surface area contributed by atoms with E-state index in [0.717, 1.165) is 12.1 Å². The predicted molar refractivity (Wildman–Crippen MR) is 41.0 cm³/mol. The first-order valence-corrected chi connectivity index (χ1v) is 2.99. The Balaban J connectivity index is 3.28. The highest BCUT2D eigenvalue weighted by atomic mass is 19.1. The fourth-order valence-electron chi connectivity index (χ4n) is 0.749. The molecule has 58 valence electrons. The second-order valence-corrected chi connectivity index (χ2v) is 2.08. The second-order valence-electron chi connectivity index (χ2n) is 2.08. The predicted octanol–water partition coefficient (Wildman–Crippen LogP) is -0.186. The van der Waals surface area contributed by atoms with Crippen LogP contribution in [0.3, 0.4) is 0 Å². The molecule has 0 spiro atoms. The minimum Gasteiger partial charge on any atom is -0.423 e. The third kappa shape index (κ3) is 1.58. The number of aryl methyl sites for hydroxylation is 1. The highest BCUT2D eigenvalue weighted by Gasteiger charge is 2.16. The van der Waals surface area contributed by atoms with Gasteiger partial charge in [0, 0.05) is 9.58 Å². The van der Waals surface area contributed by atoms with E-state index in [-0.39, 0.29) is 0 Å². The first-order chi connectivity index (χ1) is 6.34. The standard InChI is InChI=1S/C7H8BFO2/c1-5-3-2-4-6(7(5)9)8(10)11/h2-4,10-11H,1H3/i1D3. The van der Waals surface area contributed by atoms with Crippen LogP contribution in [0.1, 0.15) is 9.68 Å². The van der Waals surface area contributed by atoms with Crippen LogP contribution in [0, 0.1) is 12.7 Å². The molecule has 4 heteroatoms. The van der Waals surface area contributed by atoms with E-state index in [1.807, 2.05) is 0 Å². The Morgan fingerprint density at radius 1 is 1.55 bits per heavy atom. The Bertz CT molecular complexity index is 340. The molecule has 2 N–H and O–H groups in total. The maximum Gasteiger partial charge on any atom is 0.491 e. The zero-order chi connectivity index (χ0) is 10.9. The Kier molecular flexibility index (Phi) is 1.35. The molecule has 0 aromatic heterocycles. The van der Waals surface area contributed by atoms with Crippen LogP contribution in [0.15, 0.2) is 18.2 Å². The summed E-state index contributed by atoms with van der Waals surface area (Å²) in [5, 5.41) is 17.5. The van der Waals surface area contributed by atoms with E-state index in [1.165, 1.54) is 6.07 Å². The van der Waals surface area contributed by atoms with Gasteiger partial charge in [-0.2, -0.15) is 0 Å². The Labute approximate surface area is 68.7 Å². The molecule has 11 heavy (non-hydrogen) atoms. The molecule has 2 nitrogen and oxygen atoms in total. The van der Waals surface area contributed by atoms with Crippen molar-refractivity contribution in [1.82, 2.24) is 0 Å². The van der Waals surface area contributed by atoms with E-state index in [2.05, 4.69) is 0 Å². The largest absolute Gasteiger partial charge is 0.491 e. The molecule has 0 heterocycles. The van der Waals surface area contributed by atoms with Crippen LogP contribution in [-0.4, -0.2) is 17.2 Å². The maximum absolute atomic E-state index is 13.3. The van der Waals surface area contributed by atoms with Gasteiger partial charge in [0.25, 0.3) is 0 Å². The van der Waals surface area contributed by atoms with Crippen molar-refractivity contribution >= 4 is 12.6 Å². The lowest BCUT2D eigenvalue weighted by molar-refractivity contribution is 0.423. The van der Waals surface area contributed by atoms with Crippen molar-refractivity contribution in [2.24, 2.45) is 0 Å². The minimum atomic E-state index is -2.59. The summed E-state index contributed by atoms with van der Waals surface area (Å²) in [5.41, 5.74) is -0.943. The summed E-state index contributed by atoms with van der Waals surface area (Å²) in [5.74, 6) is -1.09. The molecule has 0 saturated carbocycles. The lowest BCUT2D eigenvalue weighted by atomic mass is 9.79.